The number of benzene rings is 10. The fraction of sp³-hybridized carbons (Fsp3) is 0.286. The van der Waals surface area contributed by atoms with E-state index in [1.54, 1.807) is 0 Å². The van der Waals surface area contributed by atoms with Gasteiger partial charge >= 0.3 is 0 Å². The Labute approximate surface area is 623 Å². The smallest absolute Gasteiger partial charge is 0.0998 e. The third kappa shape index (κ3) is 22.0. The number of morpholine rings is 2. The Bertz CT molecular complexity index is 4400. The highest BCUT2D eigenvalue weighted by atomic mass is 16.5. The number of piperidine rings is 1. The highest BCUT2D eigenvalue weighted by Crippen LogP contribution is 2.32. The van der Waals surface area contributed by atoms with Crippen molar-refractivity contribution >= 4 is 28.4 Å². The van der Waals surface area contributed by atoms with E-state index in [2.05, 4.69) is 207 Å². The van der Waals surface area contributed by atoms with Crippen LogP contribution < -0.4 is 24.9 Å². The maximum atomic E-state index is 9.20. The predicted octanol–water partition coefficient (Wildman–Crippen LogP) is 18.1. The van der Waals surface area contributed by atoms with Crippen molar-refractivity contribution in [3.05, 3.63) is 270 Å². The number of anilines is 5. The average molecular weight is 1390 g/mol. The van der Waals surface area contributed by atoms with E-state index in [1.165, 1.54) is 42.0 Å². The van der Waals surface area contributed by atoms with Crippen molar-refractivity contribution in [2.45, 2.75) is 46.0 Å². The Balaban J connectivity index is 0.000000141. The zero-order valence-electron chi connectivity index (χ0n) is 61.1. The van der Waals surface area contributed by atoms with Gasteiger partial charge in [0, 0.05) is 120 Å². The standard InChI is InChI=1S/C19H21N3O.C19H22N2.C18H19N3.C18H18N2.C17H16N2O/c20-15-17-3-1-2-4-19(17)16-5-7-18(8-6-16)21-9-10-22-11-13-23-14-12-22;1-3-13-21(14-4-2)18-11-9-16(10-12-18)19-8-6-5-7-17(19)15-20;1-20-10-12-21(13-11-20)17-8-6-15(7-9-17)18-5-3-2-4-16(18)14-19;19-14-16-6-2-3-7-18(16)15-8-10-17(11-9-15)20-12-4-1-5-13-20;18-13-15-3-1-2-4-17(15)14-5-7-16(8-6-14)19-9-11-20-12-10-19/h1-8,21H,9-14H2;5-12H,3-4,13-14H2,1-2H3;2-9H,10-13H2,1H3;2-3,6-11H,1,4-5,12-13H2;1-8H,9-12H2. The molecule has 14 nitrogen and oxygen atoms in total. The number of nitrogens with one attached hydrogen (secondary N) is 1. The summed E-state index contributed by atoms with van der Waals surface area (Å²) in [7, 11) is 2.17. The van der Waals surface area contributed by atoms with Crippen molar-refractivity contribution in [3.63, 3.8) is 0 Å². The summed E-state index contributed by atoms with van der Waals surface area (Å²) < 4.78 is 10.7. The van der Waals surface area contributed by atoms with Gasteiger partial charge in [0.2, 0.25) is 0 Å². The Morgan fingerprint density at radius 1 is 0.343 bits per heavy atom. The molecule has 14 heteroatoms. The lowest BCUT2D eigenvalue weighted by Crippen LogP contribution is -2.44. The molecule has 0 aliphatic carbocycles. The first-order valence-electron chi connectivity index (χ1n) is 37.0. The minimum Gasteiger partial charge on any atom is -0.384 e. The fourth-order valence-electron chi connectivity index (χ4n) is 13.5. The normalized spacial score (nSPS) is 14.1. The lowest BCUT2D eigenvalue weighted by Gasteiger charge is -2.34. The van der Waals surface area contributed by atoms with E-state index in [4.69, 9.17) is 14.7 Å². The first-order chi connectivity index (χ1) is 51.7. The van der Waals surface area contributed by atoms with Crippen LogP contribution in [0.25, 0.3) is 55.6 Å². The van der Waals surface area contributed by atoms with Gasteiger partial charge in [0.05, 0.1) is 84.6 Å². The highest BCUT2D eigenvalue weighted by Gasteiger charge is 2.18. The number of likely N-dealkylation sites (N-methyl/N-ethyl adjacent to an activating group) is 1. The lowest BCUT2D eigenvalue weighted by atomic mass is 10.00. The van der Waals surface area contributed by atoms with Crippen LogP contribution in [-0.4, -0.2) is 135 Å². The quantitative estimate of drug-likeness (QED) is 0.0914. The Morgan fingerprint density at radius 2 is 0.648 bits per heavy atom. The highest BCUT2D eigenvalue weighted by molar-refractivity contribution is 5.76. The van der Waals surface area contributed by atoms with Gasteiger partial charge in [-0.25, -0.2) is 0 Å². The summed E-state index contributed by atoms with van der Waals surface area (Å²) in [5.74, 6) is 0. The maximum Gasteiger partial charge on any atom is 0.0998 e. The lowest BCUT2D eigenvalue weighted by molar-refractivity contribution is 0.0398. The van der Waals surface area contributed by atoms with E-state index >= 15 is 0 Å². The van der Waals surface area contributed by atoms with E-state index in [0.717, 1.165) is 209 Å². The summed E-state index contributed by atoms with van der Waals surface area (Å²) >= 11 is 0. The largest absolute Gasteiger partial charge is 0.384 e. The van der Waals surface area contributed by atoms with E-state index < -0.39 is 0 Å². The second kappa shape index (κ2) is 41.0. The monoisotopic (exact) mass is 1390 g/mol. The van der Waals surface area contributed by atoms with Crippen molar-refractivity contribution in [2.75, 3.05) is 150 Å². The number of piperazine rings is 1. The van der Waals surface area contributed by atoms with Crippen LogP contribution in [0, 0.1) is 56.7 Å². The molecule has 105 heavy (non-hydrogen) atoms. The molecule has 0 radical (unpaired) electrons. The van der Waals surface area contributed by atoms with Crippen LogP contribution in [0.5, 0.6) is 0 Å². The van der Waals surface area contributed by atoms with Gasteiger partial charge < -0.3 is 39.3 Å². The molecular formula is C91H96N12O2. The van der Waals surface area contributed by atoms with Crippen molar-refractivity contribution < 1.29 is 9.47 Å². The van der Waals surface area contributed by atoms with Crippen LogP contribution in [0.2, 0.25) is 0 Å². The fourth-order valence-corrected chi connectivity index (χ4v) is 13.5. The number of nitriles is 5. The van der Waals surface area contributed by atoms with Crippen LogP contribution in [0.3, 0.4) is 0 Å². The van der Waals surface area contributed by atoms with Gasteiger partial charge in [-0.3, -0.25) is 4.90 Å². The molecule has 4 aliphatic heterocycles. The Hall–Kier alpha value is -11.5. The van der Waals surface area contributed by atoms with Crippen LogP contribution in [0.15, 0.2) is 243 Å². The number of rotatable bonds is 17. The van der Waals surface area contributed by atoms with E-state index in [-0.39, 0.29) is 0 Å². The second-order valence-electron chi connectivity index (χ2n) is 26.4. The molecule has 1 N–H and O–H groups in total. The summed E-state index contributed by atoms with van der Waals surface area (Å²) in [4.78, 5) is 14.4. The van der Waals surface area contributed by atoms with Gasteiger partial charge in [0.25, 0.3) is 0 Å². The second-order valence-corrected chi connectivity index (χ2v) is 26.4. The summed E-state index contributed by atoms with van der Waals surface area (Å²) in [6.07, 6.45) is 6.24. The number of hydrogen-bond donors (Lipinski definition) is 1. The van der Waals surface area contributed by atoms with Crippen molar-refractivity contribution in [1.82, 2.24) is 9.80 Å². The van der Waals surface area contributed by atoms with Gasteiger partial charge in [-0.2, -0.15) is 26.3 Å². The average Bonchev–Trinajstić information content (AvgIpc) is 0.849. The molecule has 4 saturated heterocycles. The van der Waals surface area contributed by atoms with E-state index in [1.807, 2.05) is 121 Å². The zero-order valence-corrected chi connectivity index (χ0v) is 61.1. The number of nitrogens with zero attached hydrogens (tertiary/aromatic N) is 11. The molecule has 0 unspecified atom stereocenters. The number of hydrogen-bond acceptors (Lipinski definition) is 14. The molecule has 4 fully saturated rings. The van der Waals surface area contributed by atoms with Gasteiger partial charge in [-0.05, 0) is 186 Å². The first kappa shape index (κ1) is 76.1. The first-order valence-corrected chi connectivity index (χ1v) is 37.0. The Kier molecular flexibility index (Phi) is 29.7. The molecule has 0 amide bonds. The summed E-state index contributed by atoms with van der Waals surface area (Å²) in [5, 5.41) is 49.4. The molecular weight excluding hydrogens is 1290 g/mol. The third-order valence-corrected chi connectivity index (χ3v) is 19.3. The molecule has 0 bridgehead atoms. The van der Waals surface area contributed by atoms with E-state index in [9.17, 15) is 21.0 Å². The molecule has 4 aliphatic rings. The topological polar surface area (TPSA) is 169 Å². The Morgan fingerprint density at radius 3 is 0.990 bits per heavy atom. The molecule has 14 rings (SSSR count). The maximum absolute atomic E-state index is 9.20. The number of ether oxygens (including phenoxy) is 2. The predicted molar refractivity (Wildman–Crippen MR) is 430 cm³/mol. The summed E-state index contributed by atoms with van der Waals surface area (Å²) in [5.41, 5.74) is 20.2. The third-order valence-electron chi connectivity index (χ3n) is 19.3. The minimum atomic E-state index is 0.709. The molecule has 10 aromatic carbocycles. The summed E-state index contributed by atoms with van der Waals surface area (Å²) in [6, 6.07) is 92.3. The van der Waals surface area contributed by atoms with Crippen LogP contribution >= 0.6 is 0 Å². The molecule has 0 aromatic heterocycles. The van der Waals surface area contributed by atoms with Crippen LogP contribution in [0.1, 0.15) is 73.8 Å². The molecule has 4 heterocycles. The van der Waals surface area contributed by atoms with Crippen molar-refractivity contribution in [1.29, 1.82) is 26.3 Å². The van der Waals surface area contributed by atoms with Crippen LogP contribution in [-0.2, 0) is 9.47 Å². The molecule has 532 valence electrons. The van der Waals surface area contributed by atoms with Gasteiger partial charge in [0.15, 0.2) is 0 Å². The SMILES string of the molecule is CCCN(CCC)c1ccc(-c2ccccc2C#N)cc1.CN1CCN(c2ccc(-c3ccccc3C#N)cc2)CC1.N#Cc1ccccc1-c1ccc(N2CCCCC2)cc1.N#Cc1ccccc1-c1ccc(N2CCOCC2)cc1.N#Cc1ccccc1-c1ccc(NCCN2CCOCC2)cc1. The van der Waals surface area contributed by atoms with E-state index in [0.29, 0.717) is 11.1 Å². The minimum absolute atomic E-state index is 0.709. The molecule has 0 atom stereocenters. The van der Waals surface area contributed by atoms with Gasteiger partial charge in [-0.15, -0.1) is 0 Å². The van der Waals surface area contributed by atoms with Gasteiger partial charge in [0.1, 0.15) is 0 Å². The molecule has 0 saturated carbocycles. The van der Waals surface area contributed by atoms with Gasteiger partial charge in [-0.1, -0.05) is 166 Å². The molecule has 0 spiro atoms. The molecule has 10 aromatic rings. The van der Waals surface area contributed by atoms with Crippen molar-refractivity contribution in [2.24, 2.45) is 0 Å². The summed E-state index contributed by atoms with van der Waals surface area (Å²) in [6.45, 7) is 22.4. The zero-order chi connectivity index (χ0) is 73.2. The van der Waals surface area contributed by atoms with Crippen molar-refractivity contribution in [3.8, 4) is 86.0 Å². The van der Waals surface area contributed by atoms with Crippen LogP contribution in [0.4, 0.5) is 28.4 Å².